The number of nitrogens with two attached hydrogens (primary N) is 1. The Bertz CT molecular complexity index is 1520. The summed E-state index contributed by atoms with van der Waals surface area (Å²) in [6.45, 7) is 11.7. The summed E-state index contributed by atoms with van der Waals surface area (Å²) in [5, 5.41) is 0.703. The average molecular weight is 658 g/mol. The van der Waals surface area contributed by atoms with E-state index in [1.807, 2.05) is 52.8 Å². The van der Waals surface area contributed by atoms with Gasteiger partial charge in [0.1, 0.15) is 17.1 Å². The Labute approximate surface area is 278 Å². The molecule has 0 radical (unpaired) electrons. The fourth-order valence-corrected chi connectivity index (χ4v) is 5.58. The van der Waals surface area contributed by atoms with Gasteiger partial charge in [0, 0.05) is 35.4 Å². The van der Waals surface area contributed by atoms with E-state index in [0.29, 0.717) is 40.0 Å². The first kappa shape index (κ1) is 38.0. The summed E-state index contributed by atoms with van der Waals surface area (Å²) >= 11 is 0. The summed E-state index contributed by atoms with van der Waals surface area (Å²) in [7, 11) is 1.59. The van der Waals surface area contributed by atoms with Gasteiger partial charge in [-0.2, -0.15) is 0 Å². The van der Waals surface area contributed by atoms with Gasteiger partial charge in [0.15, 0.2) is 0 Å². The number of halogens is 2. The largest absolute Gasteiger partial charge is 0.496 e. The second kappa shape index (κ2) is 16.6. The molecule has 1 unspecified atom stereocenters. The number of esters is 1. The Morgan fingerprint density at radius 2 is 1.62 bits per heavy atom. The number of hydrogen-bond donors (Lipinski definition) is 1. The van der Waals surface area contributed by atoms with Crippen LogP contribution in [-0.2, 0) is 16.0 Å². The zero-order valence-corrected chi connectivity index (χ0v) is 29.2. The fourth-order valence-electron chi connectivity index (χ4n) is 5.58. The Morgan fingerprint density at radius 3 is 2.26 bits per heavy atom. The van der Waals surface area contributed by atoms with E-state index in [2.05, 4.69) is 6.92 Å². The SMILES string of the molecule is CCCCCc1ccc(-c2cc3ccc(OCCCC(F)(F)CCCOC(=O)C(CC(C)(C)N)C(C)(C)C)cc3oc2=O)c(OC)c1. The lowest BCUT2D eigenvalue weighted by molar-refractivity contribution is -0.154. The highest BCUT2D eigenvalue weighted by molar-refractivity contribution is 5.84. The van der Waals surface area contributed by atoms with Gasteiger partial charge in [-0.25, -0.2) is 13.6 Å². The van der Waals surface area contributed by atoms with E-state index in [4.69, 9.17) is 24.4 Å². The van der Waals surface area contributed by atoms with Gasteiger partial charge in [-0.05, 0) is 81.2 Å². The van der Waals surface area contributed by atoms with Gasteiger partial charge in [0.25, 0.3) is 0 Å². The average Bonchev–Trinajstić information content (AvgIpc) is 2.99. The molecule has 0 fully saturated rings. The topological polar surface area (TPSA) is 101 Å². The molecule has 0 aliphatic heterocycles. The minimum Gasteiger partial charge on any atom is -0.496 e. The maximum atomic E-state index is 14.5. The summed E-state index contributed by atoms with van der Waals surface area (Å²) < 4.78 is 51.4. The maximum Gasteiger partial charge on any atom is 0.344 e. The summed E-state index contributed by atoms with van der Waals surface area (Å²) in [5.41, 5.74) is 7.26. The normalized spacial score (nSPS) is 13.1. The van der Waals surface area contributed by atoms with Crippen molar-refractivity contribution in [2.75, 3.05) is 20.3 Å². The molecule has 0 spiro atoms. The van der Waals surface area contributed by atoms with Crippen molar-refractivity contribution in [1.82, 2.24) is 0 Å². The number of alkyl halides is 2. The molecule has 2 N–H and O–H groups in total. The fraction of sp³-hybridized carbons (Fsp3) is 0.579. The third-order valence-corrected chi connectivity index (χ3v) is 8.28. The third-order valence-electron chi connectivity index (χ3n) is 8.28. The summed E-state index contributed by atoms with van der Waals surface area (Å²) in [6, 6.07) is 12.7. The molecule has 0 aliphatic rings. The van der Waals surface area contributed by atoms with Crippen LogP contribution in [0.15, 0.2) is 51.7 Å². The predicted molar refractivity (Wildman–Crippen MR) is 183 cm³/mol. The molecule has 260 valence electrons. The lowest BCUT2D eigenvalue weighted by atomic mass is 9.74. The van der Waals surface area contributed by atoms with Crippen LogP contribution in [0.1, 0.15) is 98.5 Å². The first-order chi connectivity index (χ1) is 22.0. The van der Waals surface area contributed by atoms with Crippen LogP contribution >= 0.6 is 0 Å². The highest BCUT2D eigenvalue weighted by atomic mass is 19.3. The number of hydrogen-bond acceptors (Lipinski definition) is 7. The van der Waals surface area contributed by atoms with E-state index in [0.717, 1.165) is 31.2 Å². The number of aryl methyl sites for hydroxylation is 1. The lowest BCUT2D eigenvalue weighted by Gasteiger charge is -2.33. The molecule has 1 atom stereocenters. The van der Waals surface area contributed by atoms with E-state index in [9.17, 15) is 18.4 Å². The van der Waals surface area contributed by atoms with Gasteiger partial charge < -0.3 is 24.4 Å². The molecule has 1 heterocycles. The molecule has 0 aliphatic carbocycles. The van der Waals surface area contributed by atoms with Crippen LogP contribution < -0.4 is 20.8 Å². The van der Waals surface area contributed by atoms with Gasteiger partial charge in [0.2, 0.25) is 5.92 Å². The number of benzene rings is 2. The minimum absolute atomic E-state index is 0.0587. The number of carbonyl (C=O) groups excluding carboxylic acids is 1. The predicted octanol–water partition coefficient (Wildman–Crippen LogP) is 9.11. The Hall–Kier alpha value is -3.46. The van der Waals surface area contributed by atoms with E-state index < -0.39 is 35.4 Å². The van der Waals surface area contributed by atoms with Crippen LogP contribution in [0.5, 0.6) is 11.5 Å². The van der Waals surface area contributed by atoms with Crippen molar-refractivity contribution in [1.29, 1.82) is 0 Å². The van der Waals surface area contributed by atoms with Crippen molar-refractivity contribution in [3.05, 3.63) is 58.4 Å². The zero-order valence-electron chi connectivity index (χ0n) is 29.2. The van der Waals surface area contributed by atoms with Crippen LogP contribution in [0, 0.1) is 11.3 Å². The molecule has 0 amide bonds. The first-order valence-corrected chi connectivity index (χ1v) is 16.7. The van der Waals surface area contributed by atoms with Crippen molar-refractivity contribution < 1.29 is 32.2 Å². The van der Waals surface area contributed by atoms with Crippen molar-refractivity contribution in [2.24, 2.45) is 17.1 Å². The number of ether oxygens (including phenoxy) is 3. The van der Waals surface area contributed by atoms with E-state index in [-0.39, 0.29) is 37.9 Å². The van der Waals surface area contributed by atoms with Gasteiger partial charge >= 0.3 is 11.6 Å². The number of rotatable bonds is 18. The standard InChI is InChI=1S/C38H53F2NO6/c1-8-9-10-13-26-14-17-29(33(22-26)44-7)30-23-27-15-16-28(24-32(27)47-34(30)42)45-20-11-18-38(39,40)19-12-21-46-35(43)31(36(2,3)4)25-37(5,6)41/h14-17,22-24,31H,8-13,18-21,25,41H2,1-7H3. The number of fused-ring (bicyclic) bond motifs is 1. The van der Waals surface area contributed by atoms with Crippen LogP contribution in [0.25, 0.3) is 22.1 Å². The van der Waals surface area contributed by atoms with Crippen LogP contribution in [0.4, 0.5) is 8.78 Å². The van der Waals surface area contributed by atoms with Crippen molar-refractivity contribution in [3.63, 3.8) is 0 Å². The van der Waals surface area contributed by atoms with Crippen LogP contribution in [0.3, 0.4) is 0 Å². The van der Waals surface area contributed by atoms with Crippen molar-refractivity contribution in [2.45, 2.75) is 111 Å². The van der Waals surface area contributed by atoms with E-state index in [1.165, 1.54) is 0 Å². The first-order valence-electron chi connectivity index (χ1n) is 16.7. The van der Waals surface area contributed by atoms with Gasteiger partial charge in [-0.15, -0.1) is 0 Å². The van der Waals surface area contributed by atoms with Crippen molar-refractivity contribution >= 4 is 16.9 Å². The minimum atomic E-state index is -2.92. The second-order valence-electron chi connectivity index (χ2n) is 14.3. The maximum absolute atomic E-state index is 14.5. The number of carbonyl (C=O) groups is 1. The Kier molecular flexibility index (Phi) is 13.4. The molecule has 1 aromatic heterocycles. The molecule has 7 nitrogen and oxygen atoms in total. The van der Waals surface area contributed by atoms with E-state index in [1.54, 1.807) is 31.4 Å². The molecule has 3 rings (SSSR count). The molecule has 0 saturated heterocycles. The molecular formula is C38H53F2NO6. The van der Waals surface area contributed by atoms with Gasteiger partial charge in [0.05, 0.1) is 31.8 Å². The zero-order chi connectivity index (χ0) is 34.8. The second-order valence-corrected chi connectivity index (χ2v) is 14.3. The molecule has 2 aromatic carbocycles. The van der Waals surface area contributed by atoms with Crippen molar-refractivity contribution in [3.8, 4) is 22.6 Å². The molecular weight excluding hydrogens is 604 g/mol. The number of unbranched alkanes of at least 4 members (excludes halogenated alkanes) is 2. The summed E-state index contributed by atoms with van der Waals surface area (Å²) in [5.74, 6) is -2.70. The summed E-state index contributed by atoms with van der Waals surface area (Å²) in [6.07, 6.45) is 4.21. The molecule has 0 bridgehead atoms. The highest BCUT2D eigenvalue weighted by Crippen LogP contribution is 2.34. The van der Waals surface area contributed by atoms with Gasteiger partial charge in [-0.1, -0.05) is 52.7 Å². The third kappa shape index (κ3) is 11.9. The molecule has 9 heteroatoms. The Morgan fingerprint density at radius 1 is 0.915 bits per heavy atom. The molecule has 3 aromatic rings. The quantitative estimate of drug-likeness (QED) is 0.0827. The van der Waals surface area contributed by atoms with E-state index >= 15 is 0 Å². The van der Waals surface area contributed by atoms with Gasteiger partial charge in [-0.3, -0.25) is 4.79 Å². The number of methoxy groups -OCH3 is 1. The highest BCUT2D eigenvalue weighted by Gasteiger charge is 2.36. The lowest BCUT2D eigenvalue weighted by Crippen LogP contribution is -2.41. The Balaban J connectivity index is 1.51. The summed E-state index contributed by atoms with van der Waals surface area (Å²) in [4.78, 5) is 25.7. The van der Waals surface area contributed by atoms with Crippen LogP contribution in [-0.4, -0.2) is 37.8 Å². The monoisotopic (exact) mass is 657 g/mol. The molecule has 0 saturated carbocycles. The smallest absolute Gasteiger partial charge is 0.344 e. The van der Waals surface area contributed by atoms with Crippen LogP contribution in [0.2, 0.25) is 0 Å². The molecule has 47 heavy (non-hydrogen) atoms.